The number of tetrazole rings is 1. The van der Waals surface area contributed by atoms with Crippen LogP contribution in [0.25, 0.3) is 0 Å². The van der Waals surface area contributed by atoms with E-state index in [4.69, 9.17) is 0 Å². The number of carbonyl (C=O) groups excluding carboxylic acids is 1. The van der Waals surface area contributed by atoms with Crippen molar-refractivity contribution in [3.05, 3.63) is 24.3 Å². The van der Waals surface area contributed by atoms with Crippen molar-refractivity contribution in [2.45, 2.75) is 62.1 Å². The van der Waals surface area contributed by atoms with E-state index in [-0.39, 0.29) is 23.4 Å². The first kappa shape index (κ1) is 19.5. The summed E-state index contributed by atoms with van der Waals surface area (Å²) in [6.07, 6.45) is 5.56. The van der Waals surface area contributed by atoms with E-state index in [1.54, 1.807) is 23.7 Å². The Morgan fingerprint density at radius 2 is 2.04 bits per heavy atom. The summed E-state index contributed by atoms with van der Waals surface area (Å²) in [5, 5.41) is 14.6. The Balaban J connectivity index is 1.65. The van der Waals surface area contributed by atoms with Gasteiger partial charge in [-0.2, -0.15) is 8.78 Å². The smallest absolute Gasteiger partial charge is 0.387 e. The molecule has 1 aliphatic carbocycles. The molecule has 0 bridgehead atoms. The number of ether oxygens (including phenoxy) is 1. The predicted octanol–water partition coefficient (Wildman–Crippen LogP) is 3.90. The fraction of sp³-hybridized carbons (Fsp3) is 0.529. The van der Waals surface area contributed by atoms with Crippen molar-refractivity contribution >= 4 is 23.4 Å². The van der Waals surface area contributed by atoms with Crippen molar-refractivity contribution in [1.82, 2.24) is 20.2 Å². The molecule has 10 heteroatoms. The zero-order chi connectivity index (χ0) is 19.2. The molecule has 0 radical (unpaired) electrons. The number of hydrogen-bond donors (Lipinski definition) is 1. The minimum Gasteiger partial charge on any atom is -0.433 e. The summed E-state index contributed by atoms with van der Waals surface area (Å²) >= 11 is 1.24. The van der Waals surface area contributed by atoms with Gasteiger partial charge in [0.2, 0.25) is 11.1 Å². The molecule has 146 valence electrons. The number of nitrogens with one attached hydrogen (secondary N) is 1. The van der Waals surface area contributed by atoms with Gasteiger partial charge >= 0.3 is 6.61 Å². The van der Waals surface area contributed by atoms with E-state index >= 15 is 0 Å². The molecule has 2 aromatic rings. The van der Waals surface area contributed by atoms with Gasteiger partial charge in [0.25, 0.3) is 0 Å². The van der Waals surface area contributed by atoms with Gasteiger partial charge in [0.15, 0.2) is 0 Å². The third-order valence-corrected chi connectivity index (χ3v) is 5.44. The van der Waals surface area contributed by atoms with E-state index < -0.39 is 11.9 Å². The van der Waals surface area contributed by atoms with Crippen LogP contribution in [0.1, 0.15) is 45.1 Å². The van der Waals surface area contributed by atoms with Gasteiger partial charge < -0.3 is 10.1 Å². The average Bonchev–Trinajstić information content (AvgIpc) is 3.11. The number of halogens is 2. The largest absolute Gasteiger partial charge is 0.433 e. The number of carbonyl (C=O) groups is 1. The Morgan fingerprint density at radius 3 is 2.78 bits per heavy atom. The molecule has 1 aromatic carbocycles. The summed E-state index contributed by atoms with van der Waals surface area (Å²) in [4.78, 5) is 12.5. The maximum Gasteiger partial charge on any atom is 0.387 e. The molecule has 1 saturated carbocycles. The summed E-state index contributed by atoms with van der Waals surface area (Å²) < 4.78 is 31.2. The van der Waals surface area contributed by atoms with Gasteiger partial charge in [-0.25, -0.2) is 4.68 Å². The molecule has 0 aliphatic heterocycles. The monoisotopic (exact) mass is 397 g/mol. The van der Waals surface area contributed by atoms with Gasteiger partial charge in [0.05, 0.1) is 17.0 Å². The van der Waals surface area contributed by atoms with Crippen LogP contribution in [0.3, 0.4) is 0 Å². The van der Waals surface area contributed by atoms with Crippen LogP contribution in [0, 0.1) is 0 Å². The van der Waals surface area contributed by atoms with Gasteiger partial charge in [-0.1, -0.05) is 43.2 Å². The van der Waals surface area contributed by atoms with E-state index in [9.17, 15) is 13.6 Å². The number of aromatic nitrogens is 4. The van der Waals surface area contributed by atoms with Gasteiger partial charge in [0, 0.05) is 0 Å². The Kier molecular flexibility index (Phi) is 6.59. The number of para-hydroxylation sites is 2. The highest BCUT2D eigenvalue weighted by Gasteiger charge is 2.24. The van der Waals surface area contributed by atoms with Gasteiger partial charge in [-0.3, -0.25) is 4.79 Å². The lowest BCUT2D eigenvalue weighted by Gasteiger charge is -2.22. The number of hydrogen-bond acceptors (Lipinski definition) is 6. The predicted molar refractivity (Wildman–Crippen MR) is 97.0 cm³/mol. The molecule has 1 fully saturated rings. The van der Waals surface area contributed by atoms with Crippen molar-refractivity contribution in [3.63, 3.8) is 0 Å². The van der Waals surface area contributed by atoms with Crippen LogP contribution >= 0.6 is 11.8 Å². The molecular formula is C17H21F2N5O2S. The molecule has 27 heavy (non-hydrogen) atoms. The molecule has 1 aliphatic rings. The molecule has 7 nitrogen and oxygen atoms in total. The quantitative estimate of drug-likeness (QED) is 0.714. The zero-order valence-corrected chi connectivity index (χ0v) is 15.7. The number of anilines is 1. The Labute approximate surface area is 159 Å². The first-order chi connectivity index (χ1) is 13.0. The van der Waals surface area contributed by atoms with Crippen molar-refractivity contribution in [1.29, 1.82) is 0 Å². The van der Waals surface area contributed by atoms with E-state index in [1.165, 1.54) is 30.3 Å². The third-order valence-electron chi connectivity index (χ3n) is 4.40. The number of benzene rings is 1. The van der Waals surface area contributed by atoms with Crippen LogP contribution in [0.5, 0.6) is 5.75 Å². The molecule has 1 N–H and O–H groups in total. The Bertz CT molecular complexity index is 767. The van der Waals surface area contributed by atoms with Crippen LogP contribution in [-0.4, -0.2) is 38.0 Å². The summed E-state index contributed by atoms with van der Waals surface area (Å²) in [5.41, 5.74) is 0.196. The van der Waals surface area contributed by atoms with Crippen molar-refractivity contribution in [3.8, 4) is 5.75 Å². The number of rotatable bonds is 7. The molecule has 1 unspecified atom stereocenters. The second-order valence-corrected chi connectivity index (χ2v) is 7.63. The molecule has 0 saturated heterocycles. The van der Waals surface area contributed by atoms with Crippen LogP contribution in [0.2, 0.25) is 0 Å². The fourth-order valence-corrected chi connectivity index (χ4v) is 3.89. The molecule has 1 atom stereocenters. The highest BCUT2D eigenvalue weighted by molar-refractivity contribution is 8.00. The first-order valence-corrected chi connectivity index (χ1v) is 9.72. The summed E-state index contributed by atoms with van der Waals surface area (Å²) in [6, 6.07) is 6.34. The number of alkyl halides is 2. The van der Waals surface area contributed by atoms with Crippen molar-refractivity contribution in [2.24, 2.45) is 0 Å². The Hall–Kier alpha value is -2.23. The molecule has 3 rings (SSSR count). The molecule has 1 aromatic heterocycles. The topological polar surface area (TPSA) is 81.9 Å². The minimum absolute atomic E-state index is 0.0786. The molecular weight excluding hydrogens is 376 g/mol. The minimum atomic E-state index is -2.96. The zero-order valence-electron chi connectivity index (χ0n) is 14.8. The van der Waals surface area contributed by atoms with Crippen LogP contribution in [0.15, 0.2) is 29.4 Å². The highest BCUT2D eigenvalue weighted by atomic mass is 32.2. The van der Waals surface area contributed by atoms with Crippen LogP contribution < -0.4 is 10.1 Å². The highest BCUT2D eigenvalue weighted by Crippen LogP contribution is 2.32. The first-order valence-electron chi connectivity index (χ1n) is 8.84. The normalized spacial score (nSPS) is 16.3. The van der Waals surface area contributed by atoms with E-state index in [2.05, 4.69) is 25.6 Å². The molecule has 1 heterocycles. The fourth-order valence-electron chi connectivity index (χ4n) is 3.03. The molecule has 0 spiro atoms. The SMILES string of the molecule is CC(Sc1nnnn1C1CCCCC1)C(=O)Nc1ccccc1OC(F)F. The third kappa shape index (κ3) is 5.15. The second-order valence-electron chi connectivity index (χ2n) is 6.32. The summed E-state index contributed by atoms with van der Waals surface area (Å²) in [5.74, 6) is -0.423. The Morgan fingerprint density at radius 1 is 1.30 bits per heavy atom. The molecule has 1 amide bonds. The maximum atomic E-state index is 12.5. The lowest BCUT2D eigenvalue weighted by Crippen LogP contribution is -2.24. The lowest BCUT2D eigenvalue weighted by molar-refractivity contribution is -0.115. The lowest BCUT2D eigenvalue weighted by atomic mass is 9.96. The summed E-state index contributed by atoms with van der Waals surface area (Å²) in [7, 11) is 0. The van der Waals surface area contributed by atoms with E-state index in [1.807, 2.05) is 0 Å². The van der Waals surface area contributed by atoms with Gasteiger partial charge in [-0.05, 0) is 42.3 Å². The number of thioether (sulfide) groups is 1. The van der Waals surface area contributed by atoms with E-state index in [0.717, 1.165) is 25.7 Å². The van der Waals surface area contributed by atoms with Crippen LogP contribution in [-0.2, 0) is 4.79 Å². The standard InChI is InChI=1S/C17H21F2N5O2S/c1-11(15(25)20-13-9-5-6-10-14(13)26-16(18)19)27-17-21-22-23-24(17)12-7-3-2-4-8-12/h5-6,9-12,16H,2-4,7-8H2,1H3,(H,20,25). The van der Waals surface area contributed by atoms with Gasteiger partial charge in [-0.15, -0.1) is 5.10 Å². The van der Waals surface area contributed by atoms with Crippen molar-refractivity contribution in [2.75, 3.05) is 5.32 Å². The average molecular weight is 397 g/mol. The maximum absolute atomic E-state index is 12.5. The summed E-state index contributed by atoms with van der Waals surface area (Å²) in [6.45, 7) is -1.24. The van der Waals surface area contributed by atoms with E-state index in [0.29, 0.717) is 5.16 Å². The second kappa shape index (κ2) is 9.12. The number of amides is 1. The van der Waals surface area contributed by atoms with Crippen LogP contribution in [0.4, 0.5) is 14.5 Å². The van der Waals surface area contributed by atoms with Gasteiger partial charge in [0.1, 0.15) is 5.75 Å². The van der Waals surface area contributed by atoms with Crippen molar-refractivity contribution < 1.29 is 18.3 Å². The number of nitrogens with zero attached hydrogens (tertiary/aromatic N) is 4.